The monoisotopic (exact) mass is 475 g/mol. The lowest BCUT2D eigenvalue weighted by atomic mass is 10.2. The van der Waals surface area contributed by atoms with Crippen LogP contribution in [0.5, 0.6) is 5.75 Å². The molecule has 3 aromatic rings. The van der Waals surface area contributed by atoms with Gasteiger partial charge in [0.15, 0.2) is 16.1 Å². The van der Waals surface area contributed by atoms with Crippen molar-refractivity contribution in [3.8, 4) is 5.75 Å². The molecule has 2 heterocycles. The van der Waals surface area contributed by atoms with Crippen LogP contribution in [0.4, 0.5) is 5.13 Å². The van der Waals surface area contributed by atoms with Crippen molar-refractivity contribution in [1.82, 2.24) is 19.7 Å². The van der Waals surface area contributed by atoms with Crippen molar-refractivity contribution < 1.29 is 19.1 Å². The van der Waals surface area contributed by atoms with E-state index < -0.39 is 5.97 Å². The normalized spacial score (nSPS) is 10.8. The number of carbonyl (C=O) groups is 2. The number of para-hydroxylation sites is 1. The van der Waals surface area contributed by atoms with E-state index in [1.807, 2.05) is 42.7 Å². The van der Waals surface area contributed by atoms with Gasteiger partial charge in [0.25, 0.3) is 0 Å². The Morgan fingerprint density at radius 3 is 2.69 bits per heavy atom. The van der Waals surface area contributed by atoms with Crippen LogP contribution in [0.25, 0.3) is 0 Å². The number of anilines is 1. The van der Waals surface area contributed by atoms with E-state index in [2.05, 4.69) is 20.5 Å². The molecule has 0 unspecified atom stereocenters. The maximum atomic E-state index is 12.4. The molecule has 9 nitrogen and oxygen atoms in total. The number of rotatable bonds is 10. The molecule has 1 amide bonds. The number of carbonyl (C=O) groups excluding carboxylic acids is 2. The largest absolute Gasteiger partial charge is 0.485 e. The highest BCUT2D eigenvalue weighted by Gasteiger charge is 2.18. The predicted octanol–water partition coefficient (Wildman–Crippen LogP) is 3.86. The molecule has 0 aliphatic carbocycles. The van der Waals surface area contributed by atoms with Gasteiger partial charge in [-0.3, -0.25) is 4.79 Å². The van der Waals surface area contributed by atoms with Gasteiger partial charge < -0.3 is 19.4 Å². The van der Waals surface area contributed by atoms with Gasteiger partial charge in [-0.2, -0.15) is 0 Å². The minimum atomic E-state index is -0.436. The molecule has 0 fully saturated rings. The van der Waals surface area contributed by atoms with Crippen LogP contribution in [-0.4, -0.2) is 44.0 Å². The number of hydrogen-bond acceptors (Lipinski definition) is 9. The van der Waals surface area contributed by atoms with Gasteiger partial charge in [-0.1, -0.05) is 41.3 Å². The topological polar surface area (TPSA) is 108 Å². The Bertz CT molecular complexity index is 1100. The molecule has 1 aromatic carbocycles. The highest BCUT2D eigenvalue weighted by atomic mass is 32.2. The predicted molar refractivity (Wildman–Crippen MR) is 123 cm³/mol. The molecule has 0 saturated heterocycles. The highest BCUT2D eigenvalue weighted by molar-refractivity contribution is 7.99. The van der Waals surface area contributed by atoms with Crippen molar-refractivity contribution in [3.63, 3.8) is 0 Å². The number of thioether (sulfide) groups is 1. The van der Waals surface area contributed by atoms with Crippen molar-refractivity contribution in [2.24, 2.45) is 0 Å². The maximum Gasteiger partial charge on any atom is 0.350 e. The van der Waals surface area contributed by atoms with Crippen molar-refractivity contribution in [1.29, 1.82) is 0 Å². The first-order valence-electron chi connectivity index (χ1n) is 10.1. The van der Waals surface area contributed by atoms with Crippen LogP contribution in [0.2, 0.25) is 0 Å². The molecule has 1 N–H and O–H groups in total. The average molecular weight is 476 g/mol. The summed E-state index contributed by atoms with van der Waals surface area (Å²) in [6.45, 7) is 8.64. The first-order valence-corrected chi connectivity index (χ1v) is 11.9. The van der Waals surface area contributed by atoms with E-state index in [-0.39, 0.29) is 24.9 Å². The summed E-state index contributed by atoms with van der Waals surface area (Å²) < 4.78 is 12.8. The Labute approximate surface area is 194 Å². The molecule has 0 atom stereocenters. The van der Waals surface area contributed by atoms with Gasteiger partial charge >= 0.3 is 5.97 Å². The zero-order valence-electron chi connectivity index (χ0n) is 18.4. The van der Waals surface area contributed by atoms with Crippen LogP contribution in [0.15, 0.2) is 29.4 Å². The zero-order valence-corrected chi connectivity index (χ0v) is 20.0. The van der Waals surface area contributed by atoms with E-state index in [1.54, 1.807) is 13.8 Å². The van der Waals surface area contributed by atoms with E-state index in [9.17, 15) is 9.59 Å². The molecule has 170 valence electrons. The number of aromatic nitrogens is 4. The molecule has 3 rings (SSSR count). The van der Waals surface area contributed by atoms with Gasteiger partial charge in [-0.05, 0) is 39.3 Å². The number of esters is 1. The Morgan fingerprint density at radius 1 is 1.19 bits per heavy atom. The second kappa shape index (κ2) is 11.1. The van der Waals surface area contributed by atoms with Crippen LogP contribution in [-0.2, 0) is 22.7 Å². The number of aryl methyl sites for hydroxylation is 2. The van der Waals surface area contributed by atoms with Gasteiger partial charge in [0.1, 0.15) is 17.2 Å². The number of thiazole rings is 1. The minimum Gasteiger partial charge on any atom is -0.485 e. The summed E-state index contributed by atoms with van der Waals surface area (Å²) in [5.74, 6) is 0.932. The van der Waals surface area contributed by atoms with E-state index >= 15 is 0 Å². The molecule has 0 radical (unpaired) electrons. The summed E-state index contributed by atoms with van der Waals surface area (Å²) in [6, 6.07) is 7.78. The van der Waals surface area contributed by atoms with Crippen molar-refractivity contribution in [3.05, 3.63) is 46.2 Å². The van der Waals surface area contributed by atoms with Gasteiger partial charge in [0.05, 0.1) is 18.1 Å². The van der Waals surface area contributed by atoms with Gasteiger partial charge in [-0.25, -0.2) is 9.78 Å². The summed E-state index contributed by atoms with van der Waals surface area (Å²) in [7, 11) is 0. The lowest BCUT2D eigenvalue weighted by molar-refractivity contribution is -0.113. The Hall–Kier alpha value is -2.92. The summed E-state index contributed by atoms with van der Waals surface area (Å²) in [5.41, 5.74) is 1.57. The summed E-state index contributed by atoms with van der Waals surface area (Å²) in [5, 5.41) is 12.1. The molecule has 11 heteroatoms. The number of hydrogen-bond donors (Lipinski definition) is 1. The lowest BCUT2D eigenvalue weighted by Crippen LogP contribution is -2.14. The molecular weight excluding hydrogens is 450 g/mol. The molecule has 0 aliphatic heterocycles. The van der Waals surface area contributed by atoms with Crippen LogP contribution < -0.4 is 10.1 Å². The van der Waals surface area contributed by atoms with Gasteiger partial charge in [0.2, 0.25) is 5.91 Å². The van der Waals surface area contributed by atoms with Crippen LogP contribution >= 0.6 is 23.1 Å². The SMILES string of the molecule is CCOC(=O)c1sc(NC(=O)CSc2nnc(COc3ccccc3C)n2CC)nc1C. The molecule has 32 heavy (non-hydrogen) atoms. The summed E-state index contributed by atoms with van der Waals surface area (Å²) in [6.07, 6.45) is 0. The third-order valence-electron chi connectivity index (χ3n) is 4.40. The van der Waals surface area contributed by atoms with E-state index in [0.29, 0.717) is 33.2 Å². The van der Waals surface area contributed by atoms with Crippen LogP contribution in [0, 0.1) is 13.8 Å². The lowest BCUT2D eigenvalue weighted by Gasteiger charge is -2.10. The second-order valence-corrected chi connectivity index (χ2v) is 8.63. The first kappa shape index (κ1) is 23.7. The number of nitrogens with zero attached hydrogens (tertiary/aromatic N) is 4. The number of ether oxygens (including phenoxy) is 2. The molecule has 0 bridgehead atoms. The quantitative estimate of drug-likeness (QED) is 0.348. The van der Waals surface area contributed by atoms with Gasteiger partial charge in [-0.15, -0.1) is 10.2 Å². The molecule has 2 aromatic heterocycles. The molecule has 0 aliphatic rings. The third-order valence-corrected chi connectivity index (χ3v) is 6.42. The standard InChI is InChI=1S/C21H25N5O4S2/c1-5-26-16(11-30-15-10-8-7-9-13(15)3)24-25-21(26)31-12-17(27)23-20-22-14(4)18(32-20)19(28)29-6-2/h7-10H,5-6,11-12H2,1-4H3,(H,22,23,27). The molecule has 0 spiro atoms. The third kappa shape index (κ3) is 5.86. The average Bonchev–Trinajstić information content (AvgIpc) is 3.34. The van der Waals surface area contributed by atoms with E-state index in [1.165, 1.54) is 11.8 Å². The van der Waals surface area contributed by atoms with Crippen LogP contribution in [0.3, 0.4) is 0 Å². The Balaban J connectivity index is 1.57. The van der Waals surface area contributed by atoms with E-state index in [4.69, 9.17) is 9.47 Å². The second-order valence-electron chi connectivity index (χ2n) is 6.69. The van der Waals surface area contributed by atoms with Crippen molar-refractivity contribution >= 4 is 40.1 Å². The number of benzene rings is 1. The maximum absolute atomic E-state index is 12.4. The number of amides is 1. The fourth-order valence-electron chi connectivity index (χ4n) is 2.83. The Kier molecular flexibility index (Phi) is 8.23. The summed E-state index contributed by atoms with van der Waals surface area (Å²) >= 11 is 2.38. The van der Waals surface area contributed by atoms with Crippen molar-refractivity contribution in [2.45, 2.75) is 46.0 Å². The Morgan fingerprint density at radius 2 is 1.97 bits per heavy atom. The van der Waals surface area contributed by atoms with Gasteiger partial charge in [0, 0.05) is 6.54 Å². The van der Waals surface area contributed by atoms with Crippen molar-refractivity contribution in [2.75, 3.05) is 17.7 Å². The smallest absolute Gasteiger partial charge is 0.350 e. The van der Waals surface area contributed by atoms with Crippen LogP contribution in [0.1, 0.15) is 40.6 Å². The minimum absolute atomic E-state index is 0.129. The first-order chi connectivity index (χ1) is 15.4. The molecule has 0 saturated carbocycles. The van der Waals surface area contributed by atoms with E-state index in [0.717, 1.165) is 22.6 Å². The summed E-state index contributed by atoms with van der Waals surface area (Å²) in [4.78, 5) is 28.9. The highest BCUT2D eigenvalue weighted by Crippen LogP contribution is 2.25. The fourth-order valence-corrected chi connectivity index (χ4v) is 4.53. The number of nitrogens with one attached hydrogen (secondary N) is 1. The zero-order chi connectivity index (χ0) is 23.1. The fraction of sp³-hybridized carbons (Fsp3) is 0.381. The molecular formula is C21H25N5O4S2.